The minimum atomic E-state index is -1.09. The second-order valence-electron chi connectivity index (χ2n) is 2.86. The molecule has 6 nitrogen and oxygen atoms in total. The first-order valence-electron chi connectivity index (χ1n) is 4.22. The number of amides is 1. The summed E-state index contributed by atoms with van der Waals surface area (Å²) in [4.78, 5) is 25.8. The van der Waals surface area contributed by atoms with Crippen LogP contribution in [0.4, 0.5) is 0 Å². The number of carboxylic acids is 1. The Bertz CT molecular complexity index is 377. The van der Waals surface area contributed by atoms with Gasteiger partial charge in [0.15, 0.2) is 0 Å². The fraction of sp³-hybridized carbons (Fsp3) is 0.375. The summed E-state index contributed by atoms with van der Waals surface area (Å²) in [6.45, 7) is 1.66. The van der Waals surface area contributed by atoms with Gasteiger partial charge in [0.1, 0.15) is 16.7 Å². The highest BCUT2D eigenvalue weighted by Gasteiger charge is 2.17. The van der Waals surface area contributed by atoms with Gasteiger partial charge in [0.2, 0.25) is 0 Å². The van der Waals surface area contributed by atoms with Crippen LogP contribution in [-0.2, 0) is 11.3 Å². The monoisotopic (exact) mass is 229 g/mol. The van der Waals surface area contributed by atoms with Crippen LogP contribution in [0, 0.1) is 0 Å². The van der Waals surface area contributed by atoms with Crippen molar-refractivity contribution in [1.82, 2.24) is 10.3 Å². The summed E-state index contributed by atoms with van der Waals surface area (Å²) in [7, 11) is 0. The smallest absolute Gasteiger partial charge is 0.325 e. The lowest BCUT2D eigenvalue weighted by Crippen LogP contribution is -2.38. The molecule has 0 aliphatic heterocycles. The van der Waals surface area contributed by atoms with Gasteiger partial charge in [-0.05, 0) is 6.92 Å². The predicted molar refractivity (Wildman–Crippen MR) is 54.6 cm³/mol. The zero-order valence-corrected chi connectivity index (χ0v) is 8.87. The number of rotatable bonds is 4. The number of nitrogens with two attached hydrogens (primary N) is 1. The van der Waals surface area contributed by atoms with Gasteiger partial charge < -0.3 is 16.2 Å². The SMILES string of the molecule is C[C@@H](NC(=O)c1csc(CN)n1)C(=O)O. The zero-order valence-electron chi connectivity index (χ0n) is 8.06. The standard InChI is InChI=1S/C8H11N3O3S/c1-4(8(13)14)10-7(12)5-3-15-6(2-9)11-5/h3-4H,2,9H2,1H3,(H,10,12)(H,13,14)/t4-/m1/s1. The number of aliphatic carboxylic acids is 1. The van der Waals surface area contributed by atoms with Gasteiger partial charge in [0.25, 0.3) is 5.91 Å². The lowest BCUT2D eigenvalue weighted by atomic mass is 10.3. The molecule has 15 heavy (non-hydrogen) atoms. The average Bonchev–Trinajstić information content (AvgIpc) is 2.65. The maximum Gasteiger partial charge on any atom is 0.325 e. The number of hydrogen-bond donors (Lipinski definition) is 3. The van der Waals surface area contributed by atoms with Gasteiger partial charge in [-0.2, -0.15) is 0 Å². The van der Waals surface area contributed by atoms with E-state index in [0.29, 0.717) is 5.01 Å². The van der Waals surface area contributed by atoms with Crippen LogP contribution in [0.2, 0.25) is 0 Å². The van der Waals surface area contributed by atoms with E-state index in [2.05, 4.69) is 10.3 Å². The number of thiazole rings is 1. The van der Waals surface area contributed by atoms with Crippen molar-refractivity contribution >= 4 is 23.2 Å². The highest BCUT2D eigenvalue weighted by atomic mass is 32.1. The molecular weight excluding hydrogens is 218 g/mol. The molecule has 1 amide bonds. The van der Waals surface area contributed by atoms with E-state index in [9.17, 15) is 9.59 Å². The normalized spacial score (nSPS) is 12.1. The van der Waals surface area contributed by atoms with E-state index in [-0.39, 0.29) is 12.2 Å². The maximum absolute atomic E-state index is 11.4. The van der Waals surface area contributed by atoms with Crippen LogP contribution in [0.3, 0.4) is 0 Å². The van der Waals surface area contributed by atoms with Crippen LogP contribution in [-0.4, -0.2) is 28.0 Å². The fourth-order valence-electron chi connectivity index (χ4n) is 0.841. The minimum Gasteiger partial charge on any atom is -0.480 e. The molecule has 0 bridgehead atoms. The molecule has 0 aliphatic carbocycles. The van der Waals surface area contributed by atoms with Crippen molar-refractivity contribution < 1.29 is 14.7 Å². The maximum atomic E-state index is 11.4. The predicted octanol–water partition coefficient (Wildman–Crippen LogP) is -0.195. The second kappa shape index (κ2) is 4.85. The number of hydrogen-bond acceptors (Lipinski definition) is 5. The summed E-state index contributed by atoms with van der Waals surface area (Å²) < 4.78 is 0. The molecule has 0 fully saturated rings. The number of nitrogens with one attached hydrogen (secondary N) is 1. The van der Waals surface area contributed by atoms with Crippen LogP contribution in [0.1, 0.15) is 22.4 Å². The highest BCUT2D eigenvalue weighted by Crippen LogP contribution is 2.08. The molecular formula is C8H11N3O3S. The van der Waals surface area contributed by atoms with Crippen molar-refractivity contribution in [3.63, 3.8) is 0 Å². The fourth-order valence-corrected chi connectivity index (χ4v) is 1.50. The third-order valence-corrected chi connectivity index (χ3v) is 2.55. The van der Waals surface area contributed by atoms with E-state index in [1.165, 1.54) is 18.3 Å². The molecule has 82 valence electrons. The number of carbonyl (C=O) groups is 2. The summed E-state index contributed by atoms with van der Waals surface area (Å²) in [5.74, 6) is -1.58. The Labute approximate surface area is 90.1 Å². The van der Waals surface area contributed by atoms with Crippen LogP contribution in [0.15, 0.2) is 5.38 Å². The first-order valence-corrected chi connectivity index (χ1v) is 5.10. The number of carbonyl (C=O) groups excluding carboxylic acids is 1. The second-order valence-corrected chi connectivity index (χ2v) is 3.81. The Morgan fingerprint density at radius 3 is 2.87 bits per heavy atom. The first kappa shape index (κ1) is 11.6. The quantitative estimate of drug-likeness (QED) is 0.663. The van der Waals surface area contributed by atoms with Gasteiger partial charge in [-0.3, -0.25) is 9.59 Å². The molecule has 1 heterocycles. The topological polar surface area (TPSA) is 105 Å². The number of carboxylic acid groups (broad SMARTS) is 1. The molecule has 4 N–H and O–H groups in total. The lowest BCUT2D eigenvalue weighted by Gasteiger charge is -2.06. The van der Waals surface area contributed by atoms with E-state index >= 15 is 0 Å². The molecule has 0 aliphatic rings. The Balaban J connectivity index is 2.65. The van der Waals surface area contributed by atoms with E-state index in [4.69, 9.17) is 10.8 Å². The van der Waals surface area contributed by atoms with Crippen LogP contribution in [0.5, 0.6) is 0 Å². The molecule has 0 aromatic carbocycles. The highest BCUT2D eigenvalue weighted by molar-refractivity contribution is 7.09. The van der Waals surface area contributed by atoms with Crippen LogP contribution in [0.25, 0.3) is 0 Å². The van der Waals surface area contributed by atoms with E-state index < -0.39 is 17.9 Å². The Hall–Kier alpha value is -1.47. The molecule has 1 aromatic rings. The van der Waals surface area contributed by atoms with Crippen LogP contribution < -0.4 is 11.1 Å². The Morgan fingerprint density at radius 1 is 1.73 bits per heavy atom. The van der Waals surface area contributed by atoms with Crippen molar-refractivity contribution in [2.24, 2.45) is 5.73 Å². The summed E-state index contributed by atoms with van der Waals surface area (Å²) in [5, 5.41) is 13.1. The van der Waals surface area contributed by atoms with E-state index in [0.717, 1.165) is 0 Å². The van der Waals surface area contributed by atoms with Crippen molar-refractivity contribution in [1.29, 1.82) is 0 Å². The van der Waals surface area contributed by atoms with Crippen molar-refractivity contribution in [2.45, 2.75) is 19.5 Å². The van der Waals surface area contributed by atoms with Gasteiger partial charge in [0, 0.05) is 11.9 Å². The molecule has 0 saturated heterocycles. The van der Waals surface area contributed by atoms with Crippen LogP contribution >= 0.6 is 11.3 Å². The third kappa shape index (κ3) is 3.00. The van der Waals surface area contributed by atoms with E-state index in [1.54, 1.807) is 5.38 Å². The minimum absolute atomic E-state index is 0.202. The molecule has 1 aromatic heterocycles. The van der Waals surface area contributed by atoms with Crippen molar-refractivity contribution in [3.8, 4) is 0 Å². The Morgan fingerprint density at radius 2 is 2.40 bits per heavy atom. The lowest BCUT2D eigenvalue weighted by molar-refractivity contribution is -0.138. The molecule has 0 saturated carbocycles. The van der Waals surface area contributed by atoms with Crippen molar-refractivity contribution in [3.05, 3.63) is 16.1 Å². The summed E-state index contributed by atoms with van der Waals surface area (Å²) in [6.07, 6.45) is 0. The zero-order chi connectivity index (χ0) is 11.4. The first-order chi connectivity index (χ1) is 7.04. The average molecular weight is 229 g/mol. The summed E-state index contributed by atoms with van der Waals surface area (Å²) in [6, 6.07) is -0.930. The van der Waals surface area contributed by atoms with Crippen molar-refractivity contribution in [2.75, 3.05) is 0 Å². The molecule has 7 heteroatoms. The molecule has 0 radical (unpaired) electrons. The summed E-state index contributed by atoms with van der Waals surface area (Å²) >= 11 is 1.27. The third-order valence-electron chi connectivity index (χ3n) is 1.68. The molecule has 1 atom stereocenters. The molecule has 0 spiro atoms. The molecule has 0 unspecified atom stereocenters. The van der Waals surface area contributed by atoms with Gasteiger partial charge in [-0.25, -0.2) is 4.98 Å². The largest absolute Gasteiger partial charge is 0.480 e. The number of nitrogens with zero attached hydrogens (tertiary/aromatic N) is 1. The van der Waals surface area contributed by atoms with Gasteiger partial charge >= 0.3 is 5.97 Å². The molecule has 1 rings (SSSR count). The van der Waals surface area contributed by atoms with Gasteiger partial charge in [-0.15, -0.1) is 11.3 Å². The number of aromatic nitrogens is 1. The van der Waals surface area contributed by atoms with Gasteiger partial charge in [0.05, 0.1) is 0 Å². The summed E-state index contributed by atoms with van der Waals surface area (Å²) in [5.41, 5.74) is 5.54. The Kier molecular flexibility index (Phi) is 3.75. The van der Waals surface area contributed by atoms with E-state index in [1.807, 2.05) is 0 Å². The van der Waals surface area contributed by atoms with Gasteiger partial charge in [-0.1, -0.05) is 0 Å².